The zero-order valence-corrected chi connectivity index (χ0v) is 22.4. The summed E-state index contributed by atoms with van der Waals surface area (Å²) in [5.41, 5.74) is 11.2. The Bertz CT molecular complexity index is 1600. The van der Waals surface area contributed by atoms with Crippen molar-refractivity contribution in [2.24, 2.45) is 5.73 Å². The molecular weight excluding hydrogens is 508 g/mol. The molecule has 0 radical (unpaired) electrons. The van der Waals surface area contributed by atoms with Crippen LogP contribution in [0.3, 0.4) is 0 Å². The Labute approximate surface area is 230 Å². The van der Waals surface area contributed by atoms with Crippen LogP contribution in [0.2, 0.25) is 0 Å². The summed E-state index contributed by atoms with van der Waals surface area (Å²) in [6, 6.07) is 20.0. The lowest BCUT2D eigenvalue weighted by atomic mass is 9.92. The molecule has 9 nitrogen and oxygen atoms in total. The number of aryl methyl sites for hydroxylation is 1. The zero-order chi connectivity index (χ0) is 26.8. The second kappa shape index (κ2) is 10.8. The first-order valence-corrected chi connectivity index (χ1v) is 14.0. The van der Waals surface area contributed by atoms with Crippen LogP contribution in [-0.2, 0) is 0 Å². The van der Waals surface area contributed by atoms with Gasteiger partial charge in [0.1, 0.15) is 5.82 Å². The van der Waals surface area contributed by atoms with Gasteiger partial charge in [0.15, 0.2) is 11.3 Å². The van der Waals surface area contributed by atoms with E-state index in [2.05, 4.69) is 25.9 Å². The number of rotatable bonds is 7. The van der Waals surface area contributed by atoms with Crippen molar-refractivity contribution in [3.63, 3.8) is 0 Å². The average Bonchev–Trinajstić information content (AvgIpc) is 3.57. The summed E-state index contributed by atoms with van der Waals surface area (Å²) < 4.78 is 1.60. The van der Waals surface area contributed by atoms with Gasteiger partial charge in [-0.05, 0) is 56.9 Å². The second-order valence-electron chi connectivity index (χ2n) is 9.86. The summed E-state index contributed by atoms with van der Waals surface area (Å²) >= 11 is 1.60. The molecule has 1 amide bonds. The van der Waals surface area contributed by atoms with Gasteiger partial charge >= 0.3 is 0 Å². The number of carbonyl (C=O) groups is 1. The Balaban J connectivity index is 1.31. The number of benzene rings is 2. The molecule has 0 bridgehead atoms. The van der Waals surface area contributed by atoms with Crippen molar-refractivity contribution >= 4 is 45.8 Å². The number of hydrogen-bond donors (Lipinski definition) is 4. The number of para-hydroxylation sites is 1. The van der Waals surface area contributed by atoms with E-state index in [-0.39, 0.29) is 18.0 Å². The van der Waals surface area contributed by atoms with Crippen molar-refractivity contribution in [2.75, 3.05) is 16.0 Å². The van der Waals surface area contributed by atoms with Crippen LogP contribution in [0.25, 0.3) is 16.9 Å². The normalized spacial score (nSPS) is 17.2. The number of aromatic nitrogens is 4. The molecule has 39 heavy (non-hydrogen) atoms. The minimum atomic E-state index is -0.298. The number of nitrogens with two attached hydrogens (primary N) is 1. The quantitative estimate of drug-likeness (QED) is 0.205. The van der Waals surface area contributed by atoms with Crippen LogP contribution in [0.15, 0.2) is 72.2 Å². The highest BCUT2D eigenvalue weighted by molar-refractivity contribution is 7.09. The van der Waals surface area contributed by atoms with Crippen LogP contribution >= 0.6 is 11.3 Å². The molecule has 5 aromatic rings. The molecule has 3 aromatic heterocycles. The molecule has 0 saturated heterocycles. The molecule has 1 aliphatic carbocycles. The SMILES string of the molecule is Cc1nc(-c2cccc(NC(=O)c3cnc4c(Nc5ccccc5)cc(NC5CCC(N)CC5)nn34)c2)cs1. The highest BCUT2D eigenvalue weighted by Crippen LogP contribution is 2.28. The third-order valence-electron chi connectivity index (χ3n) is 6.91. The molecule has 5 N–H and O–H groups in total. The minimum absolute atomic E-state index is 0.260. The van der Waals surface area contributed by atoms with Crippen LogP contribution in [0.4, 0.5) is 22.9 Å². The van der Waals surface area contributed by atoms with Crippen LogP contribution in [0, 0.1) is 6.92 Å². The minimum Gasteiger partial charge on any atom is -0.366 e. The molecular formula is C29H30N8OS. The summed E-state index contributed by atoms with van der Waals surface area (Å²) in [4.78, 5) is 22.6. The number of imidazole rings is 1. The molecule has 6 rings (SSSR count). The number of carbonyl (C=O) groups excluding carboxylic acids is 1. The molecule has 10 heteroatoms. The lowest BCUT2D eigenvalue weighted by Gasteiger charge is -2.27. The monoisotopic (exact) mass is 538 g/mol. The van der Waals surface area contributed by atoms with Gasteiger partial charge in [-0.3, -0.25) is 4.79 Å². The smallest absolute Gasteiger partial charge is 0.276 e. The average molecular weight is 539 g/mol. The van der Waals surface area contributed by atoms with Crippen LogP contribution in [-0.4, -0.2) is 37.6 Å². The van der Waals surface area contributed by atoms with Crippen LogP contribution in [0.5, 0.6) is 0 Å². The molecule has 198 valence electrons. The number of amides is 1. The molecule has 0 aliphatic heterocycles. The predicted molar refractivity (Wildman–Crippen MR) is 157 cm³/mol. The zero-order valence-electron chi connectivity index (χ0n) is 21.6. The Morgan fingerprint density at radius 3 is 2.59 bits per heavy atom. The van der Waals surface area contributed by atoms with Crippen molar-refractivity contribution in [1.29, 1.82) is 0 Å². The number of anilines is 4. The molecule has 1 fully saturated rings. The van der Waals surface area contributed by atoms with Gasteiger partial charge in [-0.2, -0.15) is 0 Å². The van der Waals surface area contributed by atoms with E-state index in [9.17, 15) is 4.79 Å². The summed E-state index contributed by atoms with van der Waals surface area (Å²) in [5.74, 6) is 0.377. The molecule has 0 atom stereocenters. The third kappa shape index (κ3) is 5.62. The Hall–Kier alpha value is -4.28. The lowest BCUT2D eigenvalue weighted by Crippen LogP contribution is -2.33. The van der Waals surface area contributed by atoms with Crippen LogP contribution in [0.1, 0.15) is 41.2 Å². The molecule has 3 heterocycles. The Morgan fingerprint density at radius 2 is 1.82 bits per heavy atom. The van der Waals surface area contributed by atoms with E-state index < -0.39 is 0 Å². The first-order chi connectivity index (χ1) is 19.0. The van der Waals surface area contributed by atoms with E-state index in [0.29, 0.717) is 22.8 Å². The fraction of sp³-hybridized carbons (Fsp3) is 0.241. The number of thiazole rings is 1. The van der Waals surface area contributed by atoms with E-state index in [0.717, 1.165) is 53.3 Å². The first kappa shape index (κ1) is 25.0. The van der Waals surface area contributed by atoms with E-state index in [1.165, 1.54) is 0 Å². The molecule has 2 aromatic carbocycles. The largest absolute Gasteiger partial charge is 0.366 e. The summed E-state index contributed by atoms with van der Waals surface area (Å²) in [5, 5.41) is 17.8. The summed E-state index contributed by atoms with van der Waals surface area (Å²) in [7, 11) is 0. The summed E-state index contributed by atoms with van der Waals surface area (Å²) in [6.45, 7) is 1.98. The van der Waals surface area contributed by atoms with Crippen molar-refractivity contribution in [1.82, 2.24) is 19.6 Å². The number of nitrogens with one attached hydrogen (secondary N) is 3. The van der Waals surface area contributed by atoms with Crippen molar-refractivity contribution in [3.8, 4) is 11.3 Å². The highest BCUT2D eigenvalue weighted by Gasteiger charge is 2.21. The van der Waals surface area contributed by atoms with Gasteiger partial charge < -0.3 is 21.7 Å². The second-order valence-corrected chi connectivity index (χ2v) is 10.9. The number of nitrogens with zero attached hydrogens (tertiary/aromatic N) is 4. The Morgan fingerprint density at radius 1 is 1.03 bits per heavy atom. The van der Waals surface area contributed by atoms with E-state index >= 15 is 0 Å². The van der Waals surface area contributed by atoms with Gasteiger partial charge in [0, 0.05) is 40.5 Å². The van der Waals surface area contributed by atoms with Gasteiger partial charge in [0.05, 0.1) is 22.6 Å². The fourth-order valence-electron chi connectivity index (χ4n) is 4.88. The molecule has 0 spiro atoms. The summed E-state index contributed by atoms with van der Waals surface area (Å²) in [6.07, 6.45) is 5.48. The highest BCUT2D eigenvalue weighted by atomic mass is 32.1. The molecule has 1 aliphatic rings. The maximum Gasteiger partial charge on any atom is 0.276 e. The van der Waals surface area contributed by atoms with Gasteiger partial charge in [-0.25, -0.2) is 14.5 Å². The van der Waals surface area contributed by atoms with E-state index in [1.807, 2.05) is 73.0 Å². The van der Waals surface area contributed by atoms with Gasteiger partial charge in [-0.15, -0.1) is 16.4 Å². The predicted octanol–water partition coefficient (Wildman–Crippen LogP) is 5.84. The van der Waals surface area contributed by atoms with Gasteiger partial charge in [-0.1, -0.05) is 30.3 Å². The number of hydrogen-bond acceptors (Lipinski definition) is 8. The maximum absolute atomic E-state index is 13.5. The number of fused-ring (bicyclic) bond motifs is 1. The standard InChI is InChI=1S/C29H30N8OS/c1-18-32-25(17-39-18)19-6-5-9-23(14-19)35-29(38)26-16-31-28-24(33-21-7-3-2-4-8-21)15-27(36-37(26)28)34-22-12-10-20(30)11-13-22/h2-9,14-17,20,22,33H,10-13,30H2,1H3,(H,34,36)(H,35,38). The first-order valence-electron chi connectivity index (χ1n) is 13.1. The van der Waals surface area contributed by atoms with Crippen molar-refractivity contribution in [3.05, 3.63) is 82.9 Å². The van der Waals surface area contributed by atoms with Crippen molar-refractivity contribution < 1.29 is 4.79 Å². The molecule has 0 unspecified atom stereocenters. The van der Waals surface area contributed by atoms with E-state index in [4.69, 9.17) is 10.8 Å². The van der Waals surface area contributed by atoms with Gasteiger partial charge in [0.2, 0.25) is 0 Å². The molecule has 1 saturated carbocycles. The van der Waals surface area contributed by atoms with Crippen LogP contribution < -0.4 is 21.7 Å². The van der Waals surface area contributed by atoms with E-state index in [1.54, 1.807) is 22.0 Å². The maximum atomic E-state index is 13.5. The fourth-order valence-corrected chi connectivity index (χ4v) is 5.50. The van der Waals surface area contributed by atoms with Gasteiger partial charge in [0.25, 0.3) is 5.91 Å². The van der Waals surface area contributed by atoms with Crippen molar-refractivity contribution in [2.45, 2.75) is 44.7 Å². The Kier molecular flexibility index (Phi) is 6.95. The topological polar surface area (TPSA) is 122 Å². The lowest BCUT2D eigenvalue weighted by molar-refractivity contribution is 0.102. The third-order valence-corrected chi connectivity index (χ3v) is 7.69.